The van der Waals surface area contributed by atoms with Crippen molar-refractivity contribution in [3.63, 3.8) is 0 Å². The molecule has 0 saturated heterocycles. The number of hydrogen-bond acceptors (Lipinski definition) is 6. The van der Waals surface area contributed by atoms with Gasteiger partial charge in [0.15, 0.2) is 0 Å². The quantitative estimate of drug-likeness (QED) is 0.151. The van der Waals surface area contributed by atoms with Crippen LogP contribution >= 0.6 is 0 Å². The van der Waals surface area contributed by atoms with Crippen LogP contribution in [-0.2, 0) is 0 Å². The van der Waals surface area contributed by atoms with Gasteiger partial charge in [0.1, 0.15) is 0 Å². The van der Waals surface area contributed by atoms with Crippen LogP contribution < -0.4 is 0 Å². The molecule has 0 aliphatic rings. The second-order valence-corrected chi connectivity index (χ2v) is 16.4. The normalized spacial score (nSPS) is 11.6. The predicted octanol–water partition coefficient (Wildman–Crippen LogP) is 14.6. The molecule has 0 saturated carbocycles. The highest BCUT2D eigenvalue weighted by Crippen LogP contribution is 2.43. The fourth-order valence-electron chi connectivity index (χ4n) is 9.42. The fraction of sp³-hybridized carbons (Fsp3) is 0. The van der Waals surface area contributed by atoms with E-state index in [1.807, 2.05) is 84.9 Å². The van der Waals surface area contributed by atoms with Gasteiger partial charge in [-0.3, -0.25) is 0 Å². The highest BCUT2D eigenvalue weighted by atomic mass is 16.5. The standard InChI is InChI=1S/C58H36N6O2/c1-3-13-39(14-4-1)55-59-57(65-61-55)41-29-25-37(26-30-41)43-17-11-19-45(35-43)63-49-23-9-7-21-47(49)53-51(63)33-34-52-54(53)48-22-8-10-24-50(48)64(52)46-20-12-18-44(36-46)38-27-31-42(32-28-38)58-60-56(62-66-58)40-15-5-2-6-16-40/h1-36H. The molecule has 4 heterocycles. The van der Waals surface area contributed by atoms with Crippen molar-refractivity contribution in [3.8, 4) is 79.3 Å². The van der Waals surface area contributed by atoms with Crippen LogP contribution in [0.15, 0.2) is 227 Å². The van der Waals surface area contributed by atoms with Crippen LogP contribution in [0.3, 0.4) is 0 Å². The van der Waals surface area contributed by atoms with Crippen LogP contribution in [0, 0.1) is 0 Å². The summed E-state index contributed by atoms with van der Waals surface area (Å²) in [7, 11) is 0. The van der Waals surface area contributed by atoms with Gasteiger partial charge < -0.3 is 18.2 Å². The number of para-hydroxylation sites is 2. The molecule has 310 valence electrons. The number of benzene rings is 9. The smallest absolute Gasteiger partial charge is 0.258 e. The molecular weight excluding hydrogens is 813 g/mol. The van der Waals surface area contributed by atoms with Gasteiger partial charge in [-0.25, -0.2) is 0 Å². The lowest BCUT2D eigenvalue weighted by atomic mass is 10.0. The first-order valence-electron chi connectivity index (χ1n) is 21.9. The van der Waals surface area contributed by atoms with Gasteiger partial charge in [0.2, 0.25) is 11.6 Å². The molecule has 8 heteroatoms. The van der Waals surface area contributed by atoms with Crippen LogP contribution in [-0.4, -0.2) is 29.4 Å². The average molecular weight is 849 g/mol. The maximum absolute atomic E-state index is 5.66. The van der Waals surface area contributed by atoms with E-state index < -0.39 is 0 Å². The lowest BCUT2D eigenvalue weighted by Gasteiger charge is -2.12. The molecule has 0 bridgehead atoms. The van der Waals surface area contributed by atoms with Gasteiger partial charge >= 0.3 is 0 Å². The number of nitrogens with zero attached hydrogens (tertiary/aromatic N) is 6. The Morgan fingerprint density at radius 2 is 0.667 bits per heavy atom. The lowest BCUT2D eigenvalue weighted by Crippen LogP contribution is -1.95. The molecule has 0 amide bonds. The van der Waals surface area contributed by atoms with E-state index in [0.717, 1.165) is 77.9 Å². The van der Waals surface area contributed by atoms with Gasteiger partial charge in [-0.15, -0.1) is 0 Å². The van der Waals surface area contributed by atoms with Crippen molar-refractivity contribution in [2.24, 2.45) is 0 Å². The second-order valence-electron chi connectivity index (χ2n) is 16.4. The summed E-state index contributed by atoms with van der Waals surface area (Å²) in [6.45, 7) is 0. The molecule has 13 aromatic rings. The van der Waals surface area contributed by atoms with Gasteiger partial charge in [-0.1, -0.05) is 156 Å². The van der Waals surface area contributed by atoms with Crippen molar-refractivity contribution < 1.29 is 9.05 Å². The molecule has 0 radical (unpaired) electrons. The molecule has 0 aliphatic carbocycles. The van der Waals surface area contributed by atoms with Crippen molar-refractivity contribution >= 4 is 43.6 Å². The Bertz CT molecular complexity index is 3660. The average Bonchev–Trinajstić information content (AvgIpc) is 4.21. The predicted molar refractivity (Wildman–Crippen MR) is 263 cm³/mol. The first kappa shape index (κ1) is 37.4. The summed E-state index contributed by atoms with van der Waals surface area (Å²) in [6, 6.07) is 76.0. The molecule has 9 aromatic carbocycles. The minimum Gasteiger partial charge on any atom is -0.334 e. The summed E-state index contributed by atoms with van der Waals surface area (Å²) in [5.74, 6) is 2.13. The third-order valence-corrected chi connectivity index (χ3v) is 12.5. The van der Waals surface area contributed by atoms with Crippen molar-refractivity contribution in [3.05, 3.63) is 218 Å². The molecule has 0 fully saturated rings. The SMILES string of the molecule is c1ccc(-c2noc(-c3ccc(-c4cccc(-n5c6ccccc6c6c7c8ccccc8n(-c8cccc(-c9ccc(-c%10nc(-c%11ccccc%11)no%10)cc9)c8)c7ccc65)c4)cc3)n2)cc1. The van der Waals surface area contributed by atoms with E-state index in [0.29, 0.717) is 23.4 Å². The third kappa shape index (κ3) is 6.23. The topological polar surface area (TPSA) is 87.7 Å². The Kier molecular flexibility index (Phi) is 8.67. The zero-order chi connectivity index (χ0) is 43.6. The van der Waals surface area contributed by atoms with E-state index in [-0.39, 0.29) is 0 Å². The Balaban J connectivity index is 0.875. The molecule has 0 N–H and O–H groups in total. The van der Waals surface area contributed by atoms with Crippen molar-refractivity contribution in [1.29, 1.82) is 0 Å². The molecular formula is C58H36N6O2. The summed E-state index contributed by atoms with van der Waals surface area (Å²) in [6.07, 6.45) is 0. The highest BCUT2D eigenvalue weighted by molar-refractivity contribution is 6.29. The summed E-state index contributed by atoms with van der Waals surface area (Å²) in [4.78, 5) is 9.33. The Hall–Kier alpha value is -9.14. The second kappa shape index (κ2) is 15.3. The van der Waals surface area contributed by atoms with Gasteiger partial charge in [0, 0.05) is 55.2 Å². The molecule has 66 heavy (non-hydrogen) atoms. The van der Waals surface area contributed by atoms with Crippen molar-refractivity contribution in [1.82, 2.24) is 29.4 Å². The van der Waals surface area contributed by atoms with Gasteiger partial charge in [0.05, 0.1) is 22.1 Å². The Labute approximate surface area is 378 Å². The number of hydrogen-bond donors (Lipinski definition) is 0. The maximum atomic E-state index is 5.66. The largest absolute Gasteiger partial charge is 0.334 e. The molecule has 0 atom stereocenters. The maximum Gasteiger partial charge on any atom is 0.258 e. The van der Waals surface area contributed by atoms with E-state index in [4.69, 9.17) is 9.05 Å². The summed E-state index contributed by atoms with van der Waals surface area (Å²) in [5.41, 5.74) is 14.8. The molecule has 0 spiro atoms. The fourth-order valence-corrected chi connectivity index (χ4v) is 9.42. The first-order chi connectivity index (χ1) is 32.7. The van der Waals surface area contributed by atoms with Gasteiger partial charge in [0.25, 0.3) is 11.8 Å². The highest BCUT2D eigenvalue weighted by Gasteiger charge is 2.21. The van der Waals surface area contributed by atoms with Crippen LogP contribution in [0.4, 0.5) is 0 Å². The zero-order valence-corrected chi connectivity index (χ0v) is 35.3. The van der Waals surface area contributed by atoms with Crippen LogP contribution in [0.5, 0.6) is 0 Å². The van der Waals surface area contributed by atoms with E-state index in [1.165, 1.54) is 21.5 Å². The minimum atomic E-state index is 0.491. The van der Waals surface area contributed by atoms with E-state index >= 15 is 0 Å². The van der Waals surface area contributed by atoms with E-state index in [2.05, 4.69) is 163 Å². The van der Waals surface area contributed by atoms with Crippen LogP contribution in [0.2, 0.25) is 0 Å². The van der Waals surface area contributed by atoms with Crippen LogP contribution in [0.25, 0.3) is 123 Å². The third-order valence-electron chi connectivity index (χ3n) is 12.5. The number of aromatic nitrogens is 6. The lowest BCUT2D eigenvalue weighted by molar-refractivity contribution is 0.432. The molecule has 4 aromatic heterocycles. The molecule has 0 unspecified atom stereocenters. The molecule has 0 aliphatic heterocycles. The number of rotatable bonds is 8. The van der Waals surface area contributed by atoms with Crippen LogP contribution in [0.1, 0.15) is 0 Å². The zero-order valence-electron chi connectivity index (χ0n) is 35.3. The van der Waals surface area contributed by atoms with E-state index in [1.54, 1.807) is 0 Å². The summed E-state index contributed by atoms with van der Waals surface area (Å²) >= 11 is 0. The Morgan fingerprint density at radius 3 is 1.11 bits per heavy atom. The number of fused-ring (bicyclic) bond motifs is 7. The molecule has 8 nitrogen and oxygen atoms in total. The monoisotopic (exact) mass is 848 g/mol. The van der Waals surface area contributed by atoms with Crippen molar-refractivity contribution in [2.75, 3.05) is 0 Å². The molecule has 13 rings (SSSR count). The van der Waals surface area contributed by atoms with Gasteiger partial charge in [-0.05, 0) is 95.1 Å². The van der Waals surface area contributed by atoms with Crippen molar-refractivity contribution in [2.45, 2.75) is 0 Å². The van der Waals surface area contributed by atoms with E-state index in [9.17, 15) is 0 Å². The minimum absolute atomic E-state index is 0.491. The Morgan fingerprint density at radius 1 is 0.288 bits per heavy atom. The summed E-state index contributed by atoms with van der Waals surface area (Å²) in [5, 5.41) is 13.3. The van der Waals surface area contributed by atoms with Gasteiger partial charge in [-0.2, -0.15) is 9.97 Å². The first-order valence-corrected chi connectivity index (χ1v) is 21.9. The summed E-state index contributed by atoms with van der Waals surface area (Å²) < 4.78 is 16.1.